The normalized spacial score (nSPS) is 17.7. The molecule has 69 heavy (non-hydrogen) atoms. The highest BCUT2D eigenvalue weighted by molar-refractivity contribution is 6.79. The SMILES string of the molecule is CC(=O)c1cn(CC(=O)N2C[Si](C)(C)C[C@H]2C(=O)NCc2cccc(Cl)c2F)c2cc(O)ccc12.NC(=O)n1cc(N2CCN3CC[C@@H](C(=O)NCc4cccc(Cl)c4F)N3C2=O)c2ccccc21. The first kappa shape index (κ1) is 48.6. The Labute approximate surface area is 406 Å². The number of halogens is 4. The lowest BCUT2D eigenvalue weighted by Crippen LogP contribution is -2.61. The Kier molecular flexibility index (Phi) is 13.9. The van der Waals surface area contributed by atoms with Crippen LogP contribution < -0.4 is 21.3 Å². The van der Waals surface area contributed by atoms with E-state index in [9.17, 15) is 42.7 Å². The zero-order chi connectivity index (χ0) is 49.5. The van der Waals surface area contributed by atoms with Crippen LogP contribution in [0.2, 0.25) is 29.2 Å². The van der Waals surface area contributed by atoms with Gasteiger partial charge in [-0.25, -0.2) is 28.4 Å². The minimum atomic E-state index is -1.87. The number of nitrogens with zero attached hydrogens (tertiary/aromatic N) is 6. The van der Waals surface area contributed by atoms with Gasteiger partial charge in [-0.1, -0.05) is 78.8 Å². The summed E-state index contributed by atoms with van der Waals surface area (Å²) in [5.41, 5.74) is 8.23. The summed E-state index contributed by atoms with van der Waals surface area (Å²) in [7, 11) is -1.87. The molecule has 3 saturated heterocycles. The third-order valence-electron chi connectivity index (χ3n) is 12.7. The number of primary amides is 1. The van der Waals surface area contributed by atoms with E-state index in [4.69, 9.17) is 28.9 Å². The van der Waals surface area contributed by atoms with Gasteiger partial charge in [0, 0.05) is 84.8 Å². The number of carbonyl (C=O) groups is 6. The van der Waals surface area contributed by atoms with Gasteiger partial charge in [-0.05, 0) is 49.7 Å². The molecule has 5 N–H and O–H groups in total. The van der Waals surface area contributed by atoms with Crippen molar-refractivity contribution >= 4 is 94.3 Å². The van der Waals surface area contributed by atoms with Crippen molar-refractivity contribution in [1.82, 2.24) is 34.7 Å². The molecule has 16 nitrogen and oxygen atoms in total. The van der Waals surface area contributed by atoms with Crippen molar-refractivity contribution < 1.29 is 42.7 Å². The molecule has 360 valence electrons. The Morgan fingerprint density at radius 2 is 1.43 bits per heavy atom. The maximum atomic E-state index is 14.2. The van der Waals surface area contributed by atoms with Gasteiger partial charge in [-0.2, -0.15) is 0 Å². The van der Waals surface area contributed by atoms with Crippen LogP contribution in [-0.4, -0.2) is 111 Å². The van der Waals surface area contributed by atoms with Crippen LogP contribution in [0, 0.1) is 11.6 Å². The minimum Gasteiger partial charge on any atom is -0.508 e. The van der Waals surface area contributed by atoms with Gasteiger partial charge >= 0.3 is 12.1 Å². The number of Topliss-reactive ketones (excluding diaryl/α,β-unsaturated/α-hetero) is 1. The lowest BCUT2D eigenvalue weighted by molar-refractivity contribution is -0.138. The minimum absolute atomic E-state index is 0.0159. The van der Waals surface area contributed by atoms with Gasteiger partial charge in [0.05, 0.1) is 34.8 Å². The lowest BCUT2D eigenvalue weighted by Gasteiger charge is -2.41. The summed E-state index contributed by atoms with van der Waals surface area (Å²) in [5, 5.41) is 20.0. The maximum absolute atomic E-state index is 14.2. The largest absolute Gasteiger partial charge is 0.508 e. The molecule has 3 aliphatic heterocycles. The Morgan fingerprint density at radius 3 is 2.07 bits per heavy atom. The highest BCUT2D eigenvalue weighted by atomic mass is 35.5. The van der Waals surface area contributed by atoms with Crippen molar-refractivity contribution in [3.63, 3.8) is 0 Å². The predicted octanol–water partition coefficient (Wildman–Crippen LogP) is 7.03. The van der Waals surface area contributed by atoms with Gasteiger partial charge in [-0.15, -0.1) is 0 Å². The number of aromatic nitrogens is 2. The van der Waals surface area contributed by atoms with E-state index in [1.165, 1.54) is 40.8 Å². The number of phenols is 1. The molecule has 2 aromatic heterocycles. The van der Waals surface area contributed by atoms with Gasteiger partial charge in [0.25, 0.3) is 0 Å². The molecule has 9 rings (SSSR count). The molecule has 3 fully saturated rings. The van der Waals surface area contributed by atoms with Crippen LogP contribution in [0.4, 0.5) is 24.1 Å². The zero-order valence-electron chi connectivity index (χ0n) is 37.8. The Morgan fingerprint density at radius 1 is 0.797 bits per heavy atom. The van der Waals surface area contributed by atoms with E-state index in [1.54, 1.807) is 69.2 Å². The molecule has 6 aromatic rings. The fraction of sp³-hybridized carbons (Fsp3) is 0.292. The summed E-state index contributed by atoms with van der Waals surface area (Å²) < 4.78 is 31.4. The standard InChI is InChI=1S/C25H27ClFN3O4Si.C23H22ClFN6O3/c1-15(31)19-11-29(21-9-17(32)7-8-18(19)21)12-23(33)30-14-35(2,3)13-22(30)25(34)28-10-16-5-4-6-20(26)24(16)27;24-16-6-3-4-14(20(16)25)12-27-21(32)18-8-9-28-10-11-29(23(34)31(18)28)19-13-30(22(26)33)17-7-2-1-5-15(17)19/h4-9,11,22,32H,10,12-14H2,1-3H3,(H,28,34);1-7,13,18H,8-12H2,(H2,26,33)(H,27,32)/t22-;18-/m00/s1. The average Bonchev–Trinajstić information content (AvgIpc) is 4.10. The van der Waals surface area contributed by atoms with Crippen LogP contribution in [0.1, 0.15) is 34.8 Å². The number of nitrogens with one attached hydrogen (secondary N) is 2. The average molecular weight is 1000 g/mol. The lowest BCUT2D eigenvalue weighted by atomic mass is 10.1. The number of carbonyl (C=O) groups excluding carboxylic acids is 6. The van der Waals surface area contributed by atoms with Crippen molar-refractivity contribution in [3.8, 4) is 5.75 Å². The molecule has 4 aromatic carbocycles. The van der Waals surface area contributed by atoms with Crippen LogP contribution >= 0.6 is 23.2 Å². The molecule has 0 saturated carbocycles. The molecule has 0 bridgehead atoms. The number of ketones is 1. The summed E-state index contributed by atoms with van der Waals surface area (Å²) in [6.45, 7) is 7.00. The second-order valence-electron chi connectivity index (χ2n) is 18.0. The van der Waals surface area contributed by atoms with Crippen molar-refractivity contribution in [3.05, 3.63) is 130 Å². The van der Waals surface area contributed by atoms with Crippen LogP contribution in [0.5, 0.6) is 5.75 Å². The van der Waals surface area contributed by atoms with E-state index in [-0.39, 0.29) is 76.1 Å². The molecule has 2 atom stereocenters. The van der Waals surface area contributed by atoms with Crippen LogP contribution in [0.25, 0.3) is 21.8 Å². The number of anilines is 1. The number of fused-ring (bicyclic) bond motifs is 3. The smallest absolute Gasteiger partial charge is 0.339 e. The van der Waals surface area contributed by atoms with E-state index in [0.29, 0.717) is 71.3 Å². The first-order valence-corrected chi connectivity index (χ1v) is 26.3. The van der Waals surface area contributed by atoms with Crippen LogP contribution in [0.3, 0.4) is 0 Å². The number of urea groups is 1. The Balaban J connectivity index is 0.000000186. The predicted molar refractivity (Wildman–Crippen MR) is 259 cm³/mol. The van der Waals surface area contributed by atoms with Gasteiger partial charge in [-0.3, -0.25) is 28.6 Å². The molecule has 21 heteroatoms. The Hall–Kier alpha value is -6.80. The highest BCUT2D eigenvalue weighted by Gasteiger charge is 2.46. The number of para-hydroxylation sites is 1. The molecule has 5 heterocycles. The molecule has 0 unspecified atom stereocenters. The van der Waals surface area contributed by atoms with E-state index in [1.807, 2.05) is 17.1 Å². The van der Waals surface area contributed by atoms with Gasteiger partial charge in [0.1, 0.15) is 36.0 Å². The van der Waals surface area contributed by atoms with Gasteiger partial charge < -0.3 is 30.9 Å². The molecule has 0 radical (unpaired) electrons. The van der Waals surface area contributed by atoms with E-state index in [2.05, 4.69) is 23.7 Å². The molecule has 6 amide bonds. The highest BCUT2D eigenvalue weighted by Crippen LogP contribution is 2.34. The second-order valence-corrected chi connectivity index (χ2v) is 23.8. The van der Waals surface area contributed by atoms with E-state index < -0.39 is 37.8 Å². The first-order valence-electron chi connectivity index (χ1n) is 22.1. The molecular weight excluding hydrogens is 952 g/mol. The van der Waals surface area contributed by atoms with Gasteiger partial charge in [0.2, 0.25) is 17.7 Å². The maximum Gasteiger partial charge on any atom is 0.339 e. The van der Waals surface area contributed by atoms with Crippen molar-refractivity contribution in [2.75, 3.05) is 30.7 Å². The first-order chi connectivity index (χ1) is 32.8. The fourth-order valence-electron chi connectivity index (χ4n) is 9.30. The number of hydrogen-bond donors (Lipinski definition) is 4. The molecule has 0 aliphatic carbocycles. The van der Waals surface area contributed by atoms with E-state index >= 15 is 0 Å². The third kappa shape index (κ3) is 9.90. The number of hydrogen-bond acceptors (Lipinski definition) is 8. The number of phenolic OH excluding ortho intramolecular Hbond substituents is 1. The fourth-order valence-corrected chi connectivity index (χ4v) is 12.6. The summed E-state index contributed by atoms with van der Waals surface area (Å²) in [4.78, 5) is 80.2. The van der Waals surface area contributed by atoms with Crippen molar-refractivity contribution in [2.45, 2.75) is 64.2 Å². The number of rotatable bonds is 10. The molecular formula is C48H49Cl2F2N9O7Si. The van der Waals surface area contributed by atoms with Crippen LogP contribution in [0.15, 0.2) is 91.3 Å². The quantitative estimate of drug-likeness (QED) is 0.0830. The summed E-state index contributed by atoms with van der Waals surface area (Å²) >= 11 is 11.7. The summed E-state index contributed by atoms with van der Waals surface area (Å²) in [6, 6.07) is 19.2. The van der Waals surface area contributed by atoms with Crippen LogP contribution in [-0.2, 0) is 34.0 Å². The number of benzene rings is 4. The molecule has 3 aliphatic rings. The topological polar surface area (TPSA) is 196 Å². The van der Waals surface area contributed by atoms with E-state index in [0.717, 1.165) is 0 Å². The number of aromatic hydroxyl groups is 1. The van der Waals surface area contributed by atoms with Crippen molar-refractivity contribution in [1.29, 1.82) is 0 Å². The number of amides is 6. The summed E-state index contributed by atoms with van der Waals surface area (Å²) in [6.07, 6.45) is 4.12. The van der Waals surface area contributed by atoms with Crippen molar-refractivity contribution in [2.24, 2.45) is 5.73 Å². The second kappa shape index (κ2) is 19.7. The Bertz CT molecular complexity index is 3060. The third-order valence-corrected chi connectivity index (χ3v) is 15.9. The number of nitrogens with two attached hydrogens (primary N) is 1. The number of hydrazine groups is 1. The zero-order valence-corrected chi connectivity index (χ0v) is 40.4. The monoisotopic (exact) mass is 999 g/mol. The molecule has 0 spiro atoms. The van der Waals surface area contributed by atoms with Gasteiger partial charge in [0.15, 0.2) is 5.78 Å². The summed E-state index contributed by atoms with van der Waals surface area (Å²) in [5.74, 6) is -2.25.